The van der Waals surface area contributed by atoms with Gasteiger partial charge in [0.1, 0.15) is 5.82 Å². The number of halogens is 1. The first-order chi connectivity index (χ1) is 8.09. The van der Waals surface area contributed by atoms with Gasteiger partial charge in [-0.3, -0.25) is 4.79 Å². The topological polar surface area (TPSA) is 58.4 Å². The molecule has 0 bridgehead atoms. The molecule has 1 amide bonds. The molecule has 3 N–H and O–H groups in total. The summed E-state index contributed by atoms with van der Waals surface area (Å²) >= 11 is 0. The van der Waals surface area contributed by atoms with E-state index in [0.29, 0.717) is 18.8 Å². The highest BCUT2D eigenvalue weighted by molar-refractivity contribution is 5.83. The highest BCUT2D eigenvalue weighted by Gasteiger charge is 2.22. The van der Waals surface area contributed by atoms with Crippen molar-refractivity contribution in [1.29, 1.82) is 0 Å². The zero-order chi connectivity index (χ0) is 12.4. The summed E-state index contributed by atoms with van der Waals surface area (Å²) in [5.74, 6) is -0.412. The molecule has 5 heteroatoms. The predicted molar refractivity (Wildman–Crippen MR) is 64.2 cm³/mol. The fraction of sp³-hybridized carbons (Fsp3) is 0.417. The van der Waals surface area contributed by atoms with Crippen molar-refractivity contribution in [2.45, 2.75) is 13.0 Å². The van der Waals surface area contributed by atoms with Gasteiger partial charge in [-0.2, -0.15) is 0 Å². The Bertz CT molecular complexity index is 434. The SMILES string of the molecule is C[C@H](N)c1cccc(F)c1N1CCNC(=O)C1. The Morgan fingerprint density at radius 3 is 2.94 bits per heavy atom. The van der Waals surface area contributed by atoms with Crippen LogP contribution in [0.25, 0.3) is 0 Å². The van der Waals surface area contributed by atoms with Crippen LogP contribution in [0.4, 0.5) is 10.1 Å². The molecule has 4 nitrogen and oxygen atoms in total. The third kappa shape index (κ3) is 2.39. The van der Waals surface area contributed by atoms with E-state index < -0.39 is 0 Å². The van der Waals surface area contributed by atoms with Gasteiger partial charge in [0.05, 0.1) is 12.2 Å². The van der Waals surface area contributed by atoms with E-state index in [0.717, 1.165) is 5.56 Å². The highest BCUT2D eigenvalue weighted by Crippen LogP contribution is 2.28. The van der Waals surface area contributed by atoms with Crippen LogP contribution in [-0.2, 0) is 4.79 Å². The number of nitrogens with zero attached hydrogens (tertiary/aromatic N) is 1. The molecule has 0 radical (unpaired) electrons. The minimum absolute atomic E-state index is 0.0878. The van der Waals surface area contributed by atoms with Gasteiger partial charge in [-0.1, -0.05) is 12.1 Å². The summed E-state index contributed by atoms with van der Waals surface area (Å²) in [4.78, 5) is 13.1. The second-order valence-electron chi connectivity index (χ2n) is 4.24. The van der Waals surface area contributed by atoms with Crippen LogP contribution in [0, 0.1) is 5.82 Å². The van der Waals surface area contributed by atoms with Crippen LogP contribution in [0.2, 0.25) is 0 Å². The van der Waals surface area contributed by atoms with Gasteiger partial charge in [-0.05, 0) is 18.6 Å². The fourth-order valence-corrected chi connectivity index (χ4v) is 2.06. The van der Waals surface area contributed by atoms with Gasteiger partial charge in [0, 0.05) is 19.1 Å². The van der Waals surface area contributed by atoms with Crippen molar-refractivity contribution >= 4 is 11.6 Å². The van der Waals surface area contributed by atoms with Gasteiger partial charge in [-0.15, -0.1) is 0 Å². The van der Waals surface area contributed by atoms with Crippen LogP contribution in [-0.4, -0.2) is 25.5 Å². The van der Waals surface area contributed by atoms with Gasteiger partial charge in [0.25, 0.3) is 0 Å². The molecule has 0 spiro atoms. The van der Waals surface area contributed by atoms with Gasteiger partial charge >= 0.3 is 0 Å². The lowest BCUT2D eigenvalue weighted by molar-refractivity contribution is -0.120. The molecular formula is C12H16FN3O. The van der Waals surface area contributed by atoms with Crippen molar-refractivity contribution in [1.82, 2.24) is 5.32 Å². The highest BCUT2D eigenvalue weighted by atomic mass is 19.1. The summed E-state index contributed by atoms with van der Waals surface area (Å²) < 4.78 is 13.9. The molecule has 0 saturated carbocycles. The largest absolute Gasteiger partial charge is 0.358 e. The molecule has 1 saturated heterocycles. The number of amides is 1. The van der Waals surface area contributed by atoms with Crippen LogP contribution in [0.3, 0.4) is 0 Å². The minimum Gasteiger partial charge on any atom is -0.358 e. The number of nitrogens with one attached hydrogen (secondary N) is 1. The quantitative estimate of drug-likeness (QED) is 0.799. The molecule has 0 unspecified atom stereocenters. The molecule has 0 aliphatic carbocycles. The van der Waals surface area contributed by atoms with Crippen LogP contribution in [0.15, 0.2) is 18.2 Å². The molecular weight excluding hydrogens is 221 g/mol. The van der Waals surface area contributed by atoms with Crippen molar-refractivity contribution in [3.63, 3.8) is 0 Å². The number of rotatable bonds is 2. The minimum atomic E-state index is -0.325. The number of benzene rings is 1. The third-order valence-electron chi connectivity index (χ3n) is 2.86. The summed E-state index contributed by atoms with van der Waals surface area (Å²) in [5, 5.41) is 2.72. The smallest absolute Gasteiger partial charge is 0.239 e. The number of carbonyl (C=O) groups is 1. The number of piperazine rings is 1. The number of anilines is 1. The average Bonchev–Trinajstić information content (AvgIpc) is 2.28. The predicted octanol–water partition coefficient (Wildman–Crippen LogP) is 0.782. The van der Waals surface area contributed by atoms with E-state index in [1.165, 1.54) is 6.07 Å². The van der Waals surface area contributed by atoms with E-state index in [2.05, 4.69) is 5.32 Å². The Morgan fingerprint density at radius 1 is 1.53 bits per heavy atom. The molecule has 0 aromatic heterocycles. The number of nitrogens with two attached hydrogens (primary N) is 1. The third-order valence-corrected chi connectivity index (χ3v) is 2.86. The van der Waals surface area contributed by atoms with Crippen LogP contribution in [0.1, 0.15) is 18.5 Å². The number of para-hydroxylation sites is 1. The molecule has 92 valence electrons. The van der Waals surface area contributed by atoms with E-state index >= 15 is 0 Å². The molecule has 1 aromatic carbocycles. The molecule has 1 atom stereocenters. The first-order valence-electron chi connectivity index (χ1n) is 5.65. The maximum atomic E-state index is 13.9. The number of hydrogen-bond donors (Lipinski definition) is 2. The maximum Gasteiger partial charge on any atom is 0.239 e. The molecule has 2 rings (SSSR count). The van der Waals surface area contributed by atoms with Crippen molar-refractivity contribution < 1.29 is 9.18 Å². The zero-order valence-electron chi connectivity index (χ0n) is 9.74. The summed E-state index contributed by atoms with van der Waals surface area (Å²) in [6.45, 7) is 3.13. The molecule has 17 heavy (non-hydrogen) atoms. The molecule has 1 aliphatic heterocycles. The second-order valence-corrected chi connectivity index (χ2v) is 4.24. The Hall–Kier alpha value is -1.62. The Labute approximate surface area is 99.6 Å². The van der Waals surface area contributed by atoms with E-state index in [4.69, 9.17) is 5.73 Å². The van der Waals surface area contributed by atoms with Crippen molar-refractivity contribution in [2.24, 2.45) is 5.73 Å². The zero-order valence-corrected chi connectivity index (χ0v) is 9.74. The monoisotopic (exact) mass is 237 g/mol. The Balaban J connectivity index is 2.39. The average molecular weight is 237 g/mol. The number of carbonyl (C=O) groups excluding carboxylic acids is 1. The van der Waals surface area contributed by atoms with Gasteiger partial charge in [-0.25, -0.2) is 4.39 Å². The molecule has 1 heterocycles. The van der Waals surface area contributed by atoms with Crippen LogP contribution >= 0.6 is 0 Å². The van der Waals surface area contributed by atoms with Crippen molar-refractivity contribution in [2.75, 3.05) is 24.5 Å². The van der Waals surface area contributed by atoms with Gasteiger partial charge < -0.3 is 16.0 Å². The second kappa shape index (κ2) is 4.71. The normalized spacial score (nSPS) is 17.8. The summed E-state index contributed by atoms with van der Waals surface area (Å²) in [5.41, 5.74) is 7.02. The lowest BCUT2D eigenvalue weighted by atomic mass is 10.0. The summed E-state index contributed by atoms with van der Waals surface area (Å²) in [7, 11) is 0. The maximum absolute atomic E-state index is 13.9. The van der Waals surface area contributed by atoms with Crippen molar-refractivity contribution in [3.8, 4) is 0 Å². The molecule has 1 aromatic rings. The van der Waals surface area contributed by atoms with Crippen LogP contribution < -0.4 is 16.0 Å². The standard InChI is InChI=1S/C12H16FN3O/c1-8(14)9-3-2-4-10(13)12(9)16-6-5-15-11(17)7-16/h2-4,8H,5-7,14H2,1H3,(H,15,17)/t8-/m0/s1. The first-order valence-corrected chi connectivity index (χ1v) is 5.65. The van der Waals surface area contributed by atoms with E-state index in [-0.39, 0.29) is 24.3 Å². The van der Waals surface area contributed by atoms with Gasteiger partial charge in [0.15, 0.2) is 0 Å². The lowest BCUT2D eigenvalue weighted by Gasteiger charge is -2.31. The summed E-state index contributed by atoms with van der Waals surface area (Å²) in [6, 6.07) is 4.58. The molecule has 1 aliphatic rings. The van der Waals surface area contributed by atoms with Crippen molar-refractivity contribution in [3.05, 3.63) is 29.6 Å². The van der Waals surface area contributed by atoms with E-state index in [1.807, 2.05) is 6.92 Å². The number of hydrogen-bond acceptors (Lipinski definition) is 3. The fourth-order valence-electron chi connectivity index (χ4n) is 2.06. The van der Waals surface area contributed by atoms with Gasteiger partial charge in [0.2, 0.25) is 5.91 Å². The first kappa shape index (κ1) is 11.9. The van der Waals surface area contributed by atoms with E-state index in [9.17, 15) is 9.18 Å². The molecule has 1 fully saturated rings. The Kier molecular flexibility index (Phi) is 3.28. The summed E-state index contributed by atoms with van der Waals surface area (Å²) in [6.07, 6.45) is 0. The van der Waals surface area contributed by atoms with E-state index in [1.54, 1.807) is 17.0 Å². The lowest BCUT2D eigenvalue weighted by Crippen LogP contribution is -2.48. The Morgan fingerprint density at radius 2 is 2.29 bits per heavy atom. The van der Waals surface area contributed by atoms with Crippen LogP contribution in [0.5, 0.6) is 0 Å².